The number of pyridine rings is 1. The molecule has 1 fully saturated rings. The summed E-state index contributed by atoms with van der Waals surface area (Å²) in [7, 11) is 2.06. The van der Waals surface area contributed by atoms with Crippen molar-refractivity contribution < 1.29 is 9.13 Å². The highest BCUT2D eigenvalue weighted by Crippen LogP contribution is 2.31. The largest absolute Gasteiger partial charge is 0.397 e. The minimum Gasteiger partial charge on any atom is -0.397 e. The van der Waals surface area contributed by atoms with Crippen molar-refractivity contribution >= 4 is 27.6 Å². The average Bonchev–Trinajstić information content (AvgIpc) is 3.11. The number of para-hydroxylation sites is 2. The number of morpholine rings is 1. The molecule has 2 unspecified atom stereocenters. The number of rotatable bonds is 4. The van der Waals surface area contributed by atoms with Crippen LogP contribution in [0.25, 0.3) is 33.3 Å². The van der Waals surface area contributed by atoms with Crippen molar-refractivity contribution in [3.05, 3.63) is 58.6 Å². The summed E-state index contributed by atoms with van der Waals surface area (Å²) in [6.07, 6.45) is 0. The van der Waals surface area contributed by atoms with Crippen molar-refractivity contribution in [2.45, 2.75) is 19.0 Å². The van der Waals surface area contributed by atoms with Crippen molar-refractivity contribution in [3.8, 4) is 11.4 Å². The summed E-state index contributed by atoms with van der Waals surface area (Å²) in [5, 5.41) is 0.175. The molecule has 2 aromatic heterocycles. The van der Waals surface area contributed by atoms with Crippen molar-refractivity contribution in [1.29, 1.82) is 0 Å². The lowest BCUT2D eigenvalue weighted by Gasteiger charge is -2.37. The number of nitrogens with zero attached hydrogens (tertiary/aromatic N) is 3. The quantitative estimate of drug-likeness (QED) is 0.455. The summed E-state index contributed by atoms with van der Waals surface area (Å²) in [6, 6.07) is 12.1. The Hall–Kier alpha value is -3.43. The maximum Gasteiger partial charge on any atom is 0.261 e. The van der Waals surface area contributed by atoms with Crippen molar-refractivity contribution in [3.63, 3.8) is 0 Å². The van der Waals surface area contributed by atoms with Crippen LogP contribution in [-0.4, -0.2) is 58.4 Å². The number of aromatic nitrogens is 3. The molecule has 9 heteroatoms. The number of nitrogen functional groups attached to an aromatic ring is 1. The van der Waals surface area contributed by atoms with E-state index in [2.05, 4.69) is 29.3 Å². The molecule has 0 radical (unpaired) electrons. The van der Waals surface area contributed by atoms with Crippen LogP contribution >= 0.6 is 0 Å². The van der Waals surface area contributed by atoms with Gasteiger partial charge < -0.3 is 20.9 Å². The number of nitrogens with one attached hydrogen (secondary N) is 2. The molecule has 0 aliphatic carbocycles. The van der Waals surface area contributed by atoms with Crippen LogP contribution in [0.4, 0.5) is 10.1 Å². The van der Waals surface area contributed by atoms with E-state index in [0.717, 1.165) is 12.1 Å². The molecule has 0 amide bonds. The predicted molar refractivity (Wildman–Crippen MR) is 124 cm³/mol. The zero-order valence-corrected chi connectivity index (χ0v) is 17.9. The Labute approximate surface area is 183 Å². The highest BCUT2D eigenvalue weighted by Gasteiger charge is 2.28. The van der Waals surface area contributed by atoms with Crippen molar-refractivity contribution in [2.24, 2.45) is 0 Å². The van der Waals surface area contributed by atoms with E-state index in [1.165, 1.54) is 12.1 Å². The fraction of sp³-hybridized carbons (Fsp3) is 0.304. The number of nitrogens with two attached hydrogens (primary N) is 1. The van der Waals surface area contributed by atoms with Crippen LogP contribution < -0.4 is 16.7 Å². The summed E-state index contributed by atoms with van der Waals surface area (Å²) in [5.41, 5.74) is 11.5. The molecule has 166 valence electrons. The number of imidazole rings is 1. The number of likely N-dealkylation sites (N-methyl/N-ethyl adjacent to an activating group) is 1. The van der Waals surface area contributed by atoms with Gasteiger partial charge in [-0.2, -0.15) is 0 Å². The zero-order chi connectivity index (χ0) is 22.4. The molecular weight excluding hydrogens is 411 g/mol. The molecular formula is C23H25FN6O2. The highest BCUT2D eigenvalue weighted by atomic mass is 19.1. The van der Waals surface area contributed by atoms with Gasteiger partial charge in [-0.25, -0.2) is 14.1 Å². The highest BCUT2D eigenvalue weighted by molar-refractivity contribution is 5.98. The lowest BCUT2D eigenvalue weighted by molar-refractivity contribution is -0.000223. The summed E-state index contributed by atoms with van der Waals surface area (Å²) >= 11 is 0. The van der Waals surface area contributed by atoms with Gasteiger partial charge in [-0.1, -0.05) is 18.2 Å². The number of fused-ring (bicyclic) bond motifs is 2. The van der Waals surface area contributed by atoms with Crippen LogP contribution in [-0.2, 0) is 4.74 Å². The van der Waals surface area contributed by atoms with Crippen LogP contribution in [0.3, 0.4) is 0 Å². The molecule has 1 aliphatic rings. The molecule has 0 saturated carbocycles. The van der Waals surface area contributed by atoms with Crippen molar-refractivity contribution in [1.82, 2.24) is 19.5 Å². The van der Waals surface area contributed by atoms with E-state index < -0.39 is 11.4 Å². The third-order valence-corrected chi connectivity index (χ3v) is 6.16. The summed E-state index contributed by atoms with van der Waals surface area (Å²) in [6.45, 7) is 4.19. The number of hydrogen-bond donors (Lipinski definition) is 3. The minimum absolute atomic E-state index is 0.0332. The monoisotopic (exact) mass is 436 g/mol. The van der Waals surface area contributed by atoms with E-state index in [4.69, 9.17) is 15.5 Å². The molecule has 8 nitrogen and oxygen atoms in total. The summed E-state index contributed by atoms with van der Waals surface area (Å²) in [4.78, 5) is 22.7. The third kappa shape index (κ3) is 3.30. The molecule has 1 aliphatic heterocycles. The molecule has 4 N–H and O–H groups in total. The second-order valence-electron chi connectivity index (χ2n) is 8.21. The molecule has 32 heavy (non-hydrogen) atoms. The van der Waals surface area contributed by atoms with Gasteiger partial charge in [0, 0.05) is 6.54 Å². The van der Waals surface area contributed by atoms with Gasteiger partial charge in [0.15, 0.2) is 5.82 Å². The summed E-state index contributed by atoms with van der Waals surface area (Å²) < 4.78 is 22.1. The molecule has 0 spiro atoms. The van der Waals surface area contributed by atoms with Gasteiger partial charge >= 0.3 is 0 Å². The minimum atomic E-state index is -0.498. The first-order valence-corrected chi connectivity index (χ1v) is 10.6. The topological polar surface area (TPSA) is 101 Å². The second-order valence-corrected chi connectivity index (χ2v) is 8.21. The maximum absolute atomic E-state index is 14.6. The fourth-order valence-corrected chi connectivity index (χ4v) is 4.40. The lowest BCUT2D eigenvalue weighted by atomic mass is 10.1. The number of halogens is 1. The van der Waals surface area contributed by atoms with Gasteiger partial charge in [-0.3, -0.25) is 9.69 Å². The van der Waals surface area contributed by atoms with E-state index in [9.17, 15) is 9.18 Å². The Balaban J connectivity index is 1.69. The number of H-pyrrole nitrogens is 1. The predicted octanol–water partition coefficient (Wildman–Crippen LogP) is 2.53. The maximum atomic E-state index is 14.6. The first-order chi connectivity index (χ1) is 15.5. The van der Waals surface area contributed by atoms with Crippen molar-refractivity contribution in [2.75, 3.05) is 38.0 Å². The average molecular weight is 436 g/mol. The Bertz CT molecular complexity index is 1360. The second kappa shape index (κ2) is 7.92. The van der Waals surface area contributed by atoms with E-state index in [1.54, 1.807) is 10.7 Å². The first-order valence-electron chi connectivity index (χ1n) is 10.6. The SMILES string of the molecule is CC(Nn1c(-c2c(N)c3c(F)cccc3[nH]c2=O)nc2ccccc21)C1COCCN1C. The van der Waals surface area contributed by atoms with E-state index in [0.29, 0.717) is 30.1 Å². The van der Waals surface area contributed by atoms with E-state index in [-0.39, 0.29) is 28.7 Å². The summed E-state index contributed by atoms with van der Waals surface area (Å²) in [5.74, 6) is -0.163. The number of ether oxygens (including phenoxy) is 1. The molecule has 2 aromatic carbocycles. The Morgan fingerprint density at radius 2 is 2.09 bits per heavy atom. The van der Waals surface area contributed by atoms with Crippen LogP contribution in [0.5, 0.6) is 0 Å². The smallest absolute Gasteiger partial charge is 0.261 e. The van der Waals surface area contributed by atoms with Gasteiger partial charge in [-0.15, -0.1) is 0 Å². The molecule has 1 saturated heterocycles. The van der Waals surface area contributed by atoms with E-state index in [1.807, 2.05) is 24.3 Å². The number of aromatic amines is 1. The van der Waals surface area contributed by atoms with Gasteiger partial charge in [0.25, 0.3) is 5.56 Å². The number of benzene rings is 2. The lowest BCUT2D eigenvalue weighted by Crippen LogP contribution is -2.52. The first kappa shape index (κ1) is 20.5. The molecule has 0 bridgehead atoms. The van der Waals surface area contributed by atoms with E-state index >= 15 is 0 Å². The number of hydrogen-bond acceptors (Lipinski definition) is 6. The third-order valence-electron chi connectivity index (χ3n) is 6.16. The van der Waals surface area contributed by atoms with Gasteiger partial charge in [-0.05, 0) is 38.2 Å². The normalized spacial score (nSPS) is 18.3. The fourth-order valence-electron chi connectivity index (χ4n) is 4.40. The van der Waals surface area contributed by atoms with Gasteiger partial charge in [0.1, 0.15) is 11.4 Å². The van der Waals surface area contributed by atoms with Crippen LogP contribution in [0.15, 0.2) is 47.3 Å². The van der Waals surface area contributed by atoms with Crippen LogP contribution in [0.1, 0.15) is 6.92 Å². The van der Waals surface area contributed by atoms with Crippen LogP contribution in [0, 0.1) is 5.82 Å². The molecule has 4 aromatic rings. The Morgan fingerprint density at radius 1 is 1.28 bits per heavy atom. The molecule has 3 heterocycles. The standard InChI is InChI=1S/C23H25FN6O2/c1-13(18-12-32-11-10-29(18)2)28-30-17-9-4-3-7-15(17)26-22(30)20-21(25)19-14(24)6-5-8-16(19)27-23(20)31/h3-9,13,18,28H,10-12H2,1-2H3,(H3,25,27,31). The Kier molecular flexibility index (Phi) is 5.07. The molecule has 5 rings (SSSR count). The zero-order valence-electron chi connectivity index (χ0n) is 17.9. The number of anilines is 1. The van der Waals surface area contributed by atoms with Gasteiger partial charge in [0.2, 0.25) is 0 Å². The van der Waals surface area contributed by atoms with Crippen LogP contribution in [0.2, 0.25) is 0 Å². The molecule has 2 atom stereocenters. The Morgan fingerprint density at radius 3 is 2.91 bits per heavy atom. The van der Waals surface area contributed by atoms with Gasteiger partial charge in [0.05, 0.1) is 52.9 Å².